The molecule has 3 unspecified atom stereocenters. The molecule has 6 rings (SSSR count). The summed E-state index contributed by atoms with van der Waals surface area (Å²) in [6.07, 6.45) is 12.4. The molecule has 1 fully saturated rings. The van der Waals surface area contributed by atoms with Crippen molar-refractivity contribution in [2.45, 2.75) is 327 Å². The first-order chi connectivity index (χ1) is 55.2. The maximum Gasteiger partial charge on any atom is 0.472 e. The van der Waals surface area contributed by atoms with E-state index in [-0.39, 0.29) is 12.8 Å². The molecule has 0 aliphatic heterocycles. The fourth-order valence-corrected chi connectivity index (χ4v) is 14.9. The van der Waals surface area contributed by atoms with Gasteiger partial charge in [0.15, 0.2) is 42.7 Å². The second kappa shape index (κ2) is 55.1. The number of benzene rings is 5. The molecular weight excluding hydrogens is 1470 g/mol. The molecule has 0 heterocycles. The molecule has 1 aliphatic rings. The number of rotatable bonds is 55. The molecule has 0 aromatic heterocycles. The van der Waals surface area contributed by atoms with Gasteiger partial charge in [0.25, 0.3) is 0 Å². The van der Waals surface area contributed by atoms with Crippen LogP contribution in [0.2, 0.25) is 0 Å². The van der Waals surface area contributed by atoms with E-state index < -0.39 is 136 Å². The highest BCUT2D eigenvalue weighted by Gasteiger charge is 2.62. The lowest BCUT2D eigenvalue weighted by atomic mass is 9.84. The number of hydrogen-bond acceptors (Lipinski definition) is 17. The topological polar surface area (TPSA) is 300 Å². The third-order valence-electron chi connectivity index (χ3n) is 20.7. The first kappa shape index (κ1) is 94.4. The summed E-state index contributed by atoms with van der Waals surface area (Å²) in [4.78, 5) is 114. The number of unbranched alkanes of at least 4 members (excludes halogenated alkanes) is 28. The van der Waals surface area contributed by atoms with Gasteiger partial charge in [0.2, 0.25) is 0 Å². The van der Waals surface area contributed by atoms with Gasteiger partial charge in [0, 0.05) is 12.8 Å². The van der Waals surface area contributed by atoms with Crippen molar-refractivity contribution < 1.29 is 85.2 Å². The van der Waals surface area contributed by atoms with Crippen LogP contribution in [-0.4, -0.2) is 103 Å². The normalized spacial score (nSPS) is 18.0. The lowest BCUT2D eigenvalue weighted by Crippen LogP contribution is -2.70. The summed E-state index contributed by atoms with van der Waals surface area (Å²) < 4.78 is 70.6. The molecule has 24 heteroatoms. The second-order valence-electron chi connectivity index (χ2n) is 30.3. The maximum atomic E-state index is 15.4. The molecule has 23 nitrogen and oxygen atoms in total. The van der Waals surface area contributed by atoms with E-state index in [1.807, 2.05) is 0 Å². The maximum absolute atomic E-state index is 15.4. The highest BCUT2D eigenvalue weighted by molar-refractivity contribution is 7.47. The van der Waals surface area contributed by atoms with Gasteiger partial charge in [-0.25, -0.2) is 28.5 Å². The Labute approximate surface area is 678 Å². The van der Waals surface area contributed by atoms with E-state index in [4.69, 9.17) is 42.2 Å². The molecule has 5 aromatic rings. The first-order valence-electron chi connectivity index (χ1n) is 42.3. The Balaban J connectivity index is 1.35. The van der Waals surface area contributed by atoms with Gasteiger partial charge in [0.05, 0.1) is 36.8 Å². The quantitative estimate of drug-likeness (QED) is 0.00912. The summed E-state index contributed by atoms with van der Waals surface area (Å²) in [7, 11) is -5.85. The van der Waals surface area contributed by atoms with Gasteiger partial charge in [-0.05, 0) is 75.3 Å². The van der Waals surface area contributed by atoms with E-state index in [0.717, 1.165) is 57.8 Å². The molecule has 0 spiro atoms. The van der Waals surface area contributed by atoms with Crippen molar-refractivity contribution in [1.82, 2.24) is 26.6 Å². The number of carbonyl (C=O) groups is 7. The minimum absolute atomic E-state index is 0.0320. The zero-order valence-corrected chi connectivity index (χ0v) is 69.6. The number of ether oxygens (including phenoxy) is 7. The van der Waals surface area contributed by atoms with Crippen LogP contribution >= 0.6 is 7.82 Å². The fraction of sp³-hybridized carbons (Fsp3) is 0.589. The van der Waals surface area contributed by atoms with Crippen LogP contribution in [-0.2, 0) is 56.4 Å². The smallest absolute Gasteiger partial charge is 0.462 e. The average Bonchev–Trinajstić information content (AvgIpc) is 0.751. The Morgan fingerprint density at radius 2 is 0.535 bits per heavy atom. The minimum Gasteiger partial charge on any atom is -0.462 e. The number of alkyl carbamates (subject to hydrolysis) is 5. The van der Waals surface area contributed by atoms with Crippen LogP contribution in [0.15, 0.2) is 152 Å². The van der Waals surface area contributed by atoms with Crippen molar-refractivity contribution >= 4 is 50.2 Å². The number of carbonyl (C=O) groups excluding carboxylic acids is 7. The Morgan fingerprint density at radius 1 is 0.316 bits per heavy atom. The molecule has 0 radical (unpaired) electrons. The molecule has 1 aliphatic carbocycles. The molecule has 6 N–H and O–H groups in total. The number of hydrogen-bond donors (Lipinski definition) is 6. The second-order valence-corrected chi connectivity index (χ2v) is 31.7. The highest BCUT2D eigenvalue weighted by atomic mass is 31.2. The Morgan fingerprint density at radius 3 is 0.781 bits per heavy atom. The monoisotopic (exact) mass is 1600 g/mol. The standard InChI is InChI=1S/C90H132N5O18P/c1-8-10-12-14-16-18-20-22-24-26-28-30-32-34-51-63-78(96)105-65-77(107-79(97)64-52-35-33-31-29-27-25-23-21-19-17-15-13-11-9-2)66-106-114(103,104)113-85-83(111-89(101)94-70(6)75-59-47-39-48-60-75)81(109-87(99)92-68(4)73-55-43-37-44-56-73)80(108-86(98)91-67(3)72-53-41-36-42-54-72)82(110-88(100)93-69(5)74-57-45-38-46-58-74)84(85)112-90(102)95-71(7)76-61-49-40-50-62-76/h36-50,53-62,67-71,77,80-85H,8-35,51-52,63-66H2,1-7H3,(H,91,98)(H,92,99)(H,93,100)(H,94,101)(H,95,102)(H,103,104)/t67-,68-,69-,70-,71-,77-,80?,81+,82+,83-,84+,85?/m1/s1. The molecule has 0 saturated heterocycles. The highest BCUT2D eigenvalue weighted by Crippen LogP contribution is 2.49. The molecular formula is C90H132N5O18P. The molecule has 0 bridgehead atoms. The molecule has 114 heavy (non-hydrogen) atoms. The van der Waals surface area contributed by atoms with Gasteiger partial charge < -0.3 is 64.6 Å². The largest absolute Gasteiger partial charge is 0.472 e. The summed E-state index contributed by atoms with van der Waals surface area (Å²) in [5.41, 5.74) is 3.04. The Kier molecular flexibility index (Phi) is 45.6. The van der Waals surface area contributed by atoms with E-state index in [9.17, 15) is 38.5 Å². The molecule has 13 atom stereocenters. The zero-order chi connectivity index (χ0) is 82.0. The molecule has 630 valence electrons. The van der Waals surface area contributed by atoms with Crippen LogP contribution in [0.3, 0.4) is 0 Å². The SMILES string of the molecule is CCCCCCCCCCCCCCCCCC(=O)OC[C@H](COP(=O)(O)OC1[C@@H](OC(=O)N[C@H](C)c2ccccc2)[C@@H](OC(=O)N[C@H](C)c2ccccc2)C(OC(=O)N[C@H](C)c2ccccc2)[C@H](OC(=O)N[C@H](C)c2ccccc2)[C@H]1OC(=O)N[C@H](C)c1ccccc1)OC(=O)CCCCCCCCCCCCCCCCC. The van der Waals surface area contributed by atoms with Crippen molar-refractivity contribution in [3.63, 3.8) is 0 Å². The van der Waals surface area contributed by atoms with Crippen LogP contribution in [0.25, 0.3) is 0 Å². The van der Waals surface area contributed by atoms with Crippen molar-refractivity contribution in [3.8, 4) is 0 Å². The minimum atomic E-state index is -5.85. The summed E-state index contributed by atoms with van der Waals surface area (Å²) in [5, 5.41) is 13.7. The lowest BCUT2D eigenvalue weighted by Gasteiger charge is -2.47. The third-order valence-corrected chi connectivity index (χ3v) is 21.7. The van der Waals surface area contributed by atoms with Gasteiger partial charge in [-0.3, -0.25) is 18.6 Å². The number of esters is 2. The van der Waals surface area contributed by atoms with Crippen LogP contribution in [0, 0.1) is 0 Å². The molecule has 5 aromatic carbocycles. The Hall–Kier alpha value is -8.50. The van der Waals surface area contributed by atoms with E-state index in [1.54, 1.807) is 186 Å². The summed E-state index contributed by atoms with van der Waals surface area (Å²) >= 11 is 0. The van der Waals surface area contributed by atoms with Crippen molar-refractivity contribution in [2.24, 2.45) is 0 Å². The zero-order valence-electron chi connectivity index (χ0n) is 68.7. The predicted molar refractivity (Wildman–Crippen MR) is 442 cm³/mol. The van der Waals surface area contributed by atoms with E-state index in [2.05, 4.69) is 40.4 Å². The van der Waals surface area contributed by atoms with Crippen molar-refractivity contribution in [3.05, 3.63) is 179 Å². The van der Waals surface area contributed by atoms with Crippen molar-refractivity contribution in [1.29, 1.82) is 0 Å². The van der Waals surface area contributed by atoms with Crippen LogP contribution in [0.4, 0.5) is 24.0 Å². The van der Waals surface area contributed by atoms with E-state index >= 15 is 4.57 Å². The Bertz CT molecular complexity index is 3400. The number of phosphoric acid groups is 1. The third kappa shape index (κ3) is 37.8. The number of amides is 5. The fourth-order valence-electron chi connectivity index (χ4n) is 14.0. The van der Waals surface area contributed by atoms with E-state index in [0.29, 0.717) is 40.7 Å². The lowest BCUT2D eigenvalue weighted by molar-refractivity contribution is -0.218. The van der Waals surface area contributed by atoms with Crippen molar-refractivity contribution in [2.75, 3.05) is 13.2 Å². The first-order valence-corrected chi connectivity index (χ1v) is 43.8. The summed E-state index contributed by atoms with van der Waals surface area (Å²) in [6.45, 7) is 11.2. The van der Waals surface area contributed by atoms with Gasteiger partial charge in [-0.1, -0.05) is 345 Å². The number of nitrogens with one attached hydrogen (secondary N) is 5. The van der Waals surface area contributed by atoms with Gasteiger partial charge in [0.1, 0.15) is 6.61 Å². The molecule has 5 amide bonds. The summed E-state index contributed by atoms with van der Waals surface area (Å²) in [6, 6.07) is 39.8. The predicted octanol–water partition coefficient (Wildman–Crippen LogP) is 21.8. The van der Waals surface area contributed by atoms with Gasteiger partial charge in [-0.2, -0.15) is 0 Å². The van der Waals surface area contributed by atoms with Gasteiger partial charge >= 0.3 is 50.2 Å². The summed E-state index contributed by atoms with van der Waals surface area (Å²) in [5.74, 6) is -1.29. The van der Waals surface area contributed by atoms with Crippen LogP contribution in [0.1, 0.15) is 312 Å². The average molecular weight is 1600 g/mol. The van der Waals surface area contributed by atoms with Crippen LogP contribution in [0.5, 0.6) is 0 Å². The van der Waals surface area contributed by atoms with Gasteiger partial charge in [-0.15, -0.1) is 0 Å². The van der Waals surface area contributed by atoms with E-state index in [1.165, 1.54) is 122 Å². The molecule has 1 saturated carbocycles. The number of phosphoric ester groups is 1. The van der Waals surface area contributed by atoms with Crippen LogP contribution < -0.4 is 26.6 Å².